The lowest BCUT2D eigenvalue weighted by atomic mass is 9.78. The van der Waals surface area contributed by atoms with E-state index in [0.717, 1.165) is 12.5 Å². The topological polar surface area (TPSA) is 81.2 Å². The van der Waals surface area contributed by atoms with Crippen molar-refractivity contribution in [1.82, 2.24) is 14.5 Å². The molecule has 138 valence electrons. The van der Waals surface area contributed by atoms with E-state index in [1.165, 1.54) is 43.1 Å². The molecular weight excluding hydrogens is 328 g/mol. The van der Waals surface area contributed by atoms with Crippen molar-refractivity contribution in [2.24, 2.45) is 11.7 Å². The molecule has 0 unspecified atom stereocenters. The van der Waals surface area contributed by atoms with Crippen LogP contribution in [0.15, 0.2) is 29.1 Å². The number of carbonyl (C=O) groups excluding carboxylic acids is 1. The lowest BCUT2D eigenvalue weighted by Gasteiger charge is -2.44. The molecule has 26 heavy (non-hydrogen) atoms. The van der Waals surface area contributed by atoms with Crippen LogP contribution in [0.2, 0.25) is 0 Å². The molecule has 1 saturated carbocycles. The summed E-state index contributed by atoms with van der Waals surface area (Å²) in [5.74, 6) is 0.896. The smallest absolute Gasteiger partial charge is 0.261 e. The Labute approximate surface area is 153 Å². The van der Waals surface area contributed by atoms with Crippen molar-refractivity contribution >= 4 is 16.8 Å². The van der Waals surface area contributed by atoms with E-state index in [4.69, 9.17) is 10.7 Å². The van der Waals surface area contributed by atoms with Crippen molar-refractivity contribution in [3.63, 3.8) is 0 Å². The molecular formula is C20H26N4O2. The highest BCUT2D eigenvalue weighted by Crippen LogP contribution is 2.35. The van der Waals surface area contributed by atoms with Crippen LogP contribution in [0.4, 0.5) is 0 Å². The number of likely N-dealkylation sites (tertiary alicyclic amines) is 1. The summed E-state index contributed by atoms with van der Waals surface area (Å²) in [6.07, 6.45) is 7.63. The zero-order valence-corrected chi connectivity index (χ0v) is 15.1. The van der Waals surface area contributed by atoms with E-state index >= 15 is 0 Å². The summed E-state index contributed by atoms with van der Waals surface area (Å²) in [5, 5.41) is 0.534. The minimum Gasteiger partial charge on any atom is -0.368 e. The number of aromatic nitrogens is 2. The van der Waals surface area contributed by atoms with E-state index in [1.807, 2.05) is 18.2 Å². The first-order valence-electron chi connectivity index (χ1n) is 9.64. The Morgan fingerprint density at radius 2 is 1.92 bits per heavy atom. The van der Waals surface area contributed by atoms with E-state index < -0.39 is 5.91 Å². The molecule has 2 fully saturated rings. The SMILES string of the molecule is NC(=O)Cn1c(CN2CCC[C@@H]3CCCC[C@@H]32)nc2ccccc2c1=O. The summed E-state index contributed by atoms with van der Waals surface area (Å²) in [5.41, 5.74) is 5.91. The maximum atomic E-state index is 12.9. The van der Waals surface area contributed by atoms with Gasteiger partial charge in [-0.25, -0.2) is 4.98 Å². The Hall–Kier alpha value is -2.21. The monoisotopic (exact) mass is 354 g/mol. The van der Waals surface area contributed by atoms with Crippen LogP contribution in [0.1, 0.15) is 44.3 Å². The van der Waals surface area contributed by atoms with Gasteiger partial charge in [0.05, 0.1) is 17.4 Å². The molecule has 1 saturated heterocycles. The molecule has 0 spiro atoms. The summed E-state index contributed by atoms with van der Waals surface area (Å²) in [6.45, 7) is 1.52. The number of piperidine rings is 1. The molecule has 6 heteroatoms. The second kappa shape index (κ2) is 7.19. The van der Waals surface area contributed by atoms with Crippen molar-refractivity contribution in [3.05, 3.63) is 40.4 Å². The average molecular weight is 354 g/mol. The number of nitrogens with zero attached hydrogens (tertiary/aromatic N) is 3. The fourth-order valence-corrected chi connectivity index (χ4v) is 4.76. The van der Waals surface area contributed by atoms with E-state index in [1.54, 1.807) is 6.07 Å². The number of carbonyl (C=O) groups is 1. The molecule has 2 atom stereocenters. The van der Waals surface area contributed by atoms with Crippen LogP contribution in [0.25, 0.3) is 10.9 Å². The number of benzene rings is 1. The zero-order chi connectivity index (χ0) is 18.1. The number of para-hydroxylation sites is 1. The molecule has 1 amide bonds. The van der Waals surface area contributed by atoms with E-state index in [-0.39, 0.29) is 12.1 Å². The van der Waals surface area contributed by atoms with Gasteiger partial charge in [-0.2, -0.15) is 0 Å². The summed E-state index contributed by atoms with van der Waals surface area (Å²) >= 11 is 0. The molecule has 6 nitrogen and oxygen atoms in total. The molecule has 1 aromatic heterocycles. The van der Waals surface area contributed by atoms with Gasteiger partial charge in [0, 0.05) is 6.04 Å². The number of rotatable bonds is 4. The third kappa shape index (κ3) is 3.26. The number of fused-ring (bicyclic) bond motifs is 2. The number of hydrogen-bond acceptors (Lipinski definition) is 4. The molecule has 1 aromatic carbocycles. The van der Waals surface area contributed by atoms with Gasteiger partial charge in [0.15, 0.2) is 0 Å². The number of amides is 1. The first kappa shape index (κ1) is 17.2. The van der Waals surface area contributed by atoms with Crippen molar-refractivity contribution < 1.29 is 4.79 Å². The van der Waals surface area contributed by atoms with Gasteiger partial charge >= 0.3 is 0 Å². The first-order valence-corrected chi connectivity index (χ1v) is 9.64. The van der Waals surface area contributed by atoms with Gasteiger partial charge in [0.1, 0.15) is 12.4 Å². The van der Waals surface area contributed by atoms with Crippen LogP contribution in [0, 0.1) is 5.92 Å². The summed E-state index contributed by atoms with van der Waals surface area (Å²) in [7, 11) is 0. The van der Waals surface area contributed by atoms with Crippen LogP contribution in [-0.2, 0) is 17.9 Å². The molecule has 0 bridgehead atoms. The fourth-order valence-electron chi connectivity index (χ4n) is 4.76. The van der Waals surface area contributed by atoms with Gasteiger partial charge in [0.25, 0.3) is 5.56 Å². The van der Waals surface area contributed by atoms with Crippen molar-refractivity contribution in [1.29, 1.82) is 0 Å². The van der Waals surface area contributed by atoms with E-state index in [2.05, 4.69) is 4.90 Å². The fraction of sp³-hybridized carbons (Fsp3) is 0.550. The predicted octanol–water partition coefficient (Wildman–Crippen LogP) is 2.04. The largest absolute Gasteiger partial charge is 0.368 e. The van der Waals surface area contributed by atoms with Gasteiger partial charge in [-0.05, 0) is 50.3 Å². The molecule has 1 aliphatic carbocycles. The lowest BCUT2D eigenvalue weighted by molar-refractivity contribution is -0.118. The standard InChI is InChI=1S/C20H26N4O2/c21-18(25)12-24-19(22-16-9-3-2-8-15(16)20(24)26)13-23-11-5-7-14-6-1-4-10-17(14)23/h2-3,8-9,14,17H,1,4-7,10-13H2,(H2,21,25)/t14-,17-/m0/s1. The Morgan fingerprint density at radius 3 is 2.77 bits per heavy atom. The normalized spacial score (nSPS) is 23.7. The van der Waals surface area contributed by atoms with E-state index in [9.17, 15) is 9.59 Å². The maximum Gasteiger partial charge on any atom is 0.261 e. The molecule has 2 N–H and O–H groups in total. The number of nitrogens with two attached hydrogens (primary N) is 1. The third-order valence-electron chi connectivity index (χ3n) is 5.96. The minimum atomic E-state index is -0.514. The quantitative estimate of drug-likeness (QED) is 0.911. The summed E-state index contributed by atoms with van der Waals surface area (Å²) in [6, 6.07) is 7.88. The molecule has 4 rings (SSSR count). The summed E-state index contributed by atoms with van der Waals surface area (Å²) < 4.78 is 1.47. The zero-order valence-electron chi connectivity index (χ0n) is 15.1. The Bertz CT molecular complexity index is 874. The minimum absolute atomic E-state index is 0.117. The highest BCUT2D eigenvalue weighted by molar-refractivity contribution is 5.78. The first-order chi connectivity index (χ1) is 12.6. The lowest BCUT2D eigenvalue weighted by Crippen LogP contribution is -2.47. The molecule has 1 aliphatic heterocycles. The van der Waals surface area contributed by atoms with Crippen LogP contribution in [0.5, 0.6) is 0 Å². The van der Waals surface area contributed by atoms with Crippen LogP contribution in [-0.4, -0.2) is 32.9 Å². The van der Waals surface area contributed by atoms with Gasteiger partial charge in [-0.15, -0.1) is 0 Å². The maximum absolute atomic E-state index is 12.9. The van der Waals surface area contributed by atoms with Crippen LogP contribution < -0.4 is 11.3 Å². The molecule has 2 heterocycles. The third-order valence-corrected chi connectivity index (χ3v) is 5.96. The summed E-state index contributed by atoms with van der Waals surface area (Å²) in [4.78, 5) is 31.7. The van der Waals surface area contributed by atoms with E-state index in [0.29, 0.717) is 29.3 Å². The number of hydrogen-bond donors (Lipinski definition) is 1. The van der Waals surface area contributed by atoms with Crippen LogP contribution >= 0.6 is 0 Å². The second-order valence-corrected chi connectivity index (χ2v) is 7.63. The van der Waals surface area contributed by atoms with Crippen molar-refractivity contribution in [2.75, 3.05) is 6.54 Å². The van der Waals surface area contributed by atoms with Gasteiger partial charge < -0.3 is 5.73 Å². The highest BCUT2D eigenvalue weighted by atomic mass is 16.2. The van der Waals surface area contributed by atoms with Gasteiger partial charge in [-0.3, -0.25) is 19.1 Å². The van der Waals surface area contributed by atoms with Crippen molar-refractivity contribution in [2.45, 2.75) is 57.7 Å². The Kier molecular flexibility index (Phi) is 4.76. The molecule has 2 aliphatic rings. The molecule has 0 radical (unpaired) electrons. The Balaban J connectivity index is 1.72. The van der Waals surface area contributed by atoms with Gasteiger partial charge in [0.2, 0.25) is 5.91 Å². The second-order valence-electron chi connectivity index (χ2n) is 7.63. The molecule has 2 aromatic rings. The van der Waals surface area contributed by atoms with Crippen LogP contribution in [0.3, 0.4) is 0 Å². The van der Waals surface area contributed by atoms with Crippen molar-refractivity contribution in [3.8, 4) is 0 Å². The Morgan fingerprint density at radius 1 is 1.15 bits per heavy atom. The predicted molar refractivity (Wildman–Crippen MR) is 101 cm³/mol. The average Bonchev–Trinajstić information content (AvgIpc) is 2.65. The van der Waals surface area contributed by atoms with Gasteiger partial charge in [-0.1, -0.05) is 25.0 Å². The highest BCUT2D eigenvalue weighted by Gasteiger charge is 2.33. The number of primary amides is 1.